The third-order valence-corrected chi connectivity index (χ3v) is 6.31. The first-order chi connectivity index (χ1) is 14.5. The van der Waals surface area contributed by atoms with Gasteiger partial charge in [-0.25, -0.2) is 0 Å². The molecule has 0 spiro atoms. The molecule has 1 aliphatic rings. The number of benzene rings is 2. The molecule has 0 unspecified atom stereocenters. The van der Waals surface area contributed by atoms with Crippen LogP contribution in [-0.2, 0) is 11.8 Å². The summed E-state index contributed by atoms with van der Waals surface area (Å²) in [6, 6.07) is 15.9. The minimum absolute atomic E-state index is 0.0475. The number of H-pyrrole nitrogens is 1. The minimum atomic E-state index is -0.377. The zero-order valence-electron chi connectivity index (χ0n) is 17.2. The average Bonchev–Trinajstić information content (AvgIpc) is 3.17. The average molecular weight is 391 g/mol. The molecule has 1 aliphatic carbocycles. The predicted octanol–water partition coefficient (Wildman–Crippen LogP) is 5.53. The van der Waals surface area contributed by atoms with Crippen LogP contribution in [-0.4, -0.2) is 15.8 Å². The molecule has 0 atom stereocenters. The quantitative estimate of drug-likeness (QED) is 0.488. The van der Waals surface area contributed by atoms with Crippen LogP contribution in [0.4, 0.5) is 0 Å². The van der Waals surface area contributed by atoms with Crippen LogP contribution in [0.1, 0.15) is 59.1 Å². The topological polar surface area (TPSA) is 69.5 Å². The van der Waals surface area contributed by atoms with Gasteiger partial charge in [-0.05, 0) is 65.1 Å². The van der Waals surface area contributed by atoms with Gasteiger partial charge in [0.2, 0.25) is 0 Å². The van der Waals surface area contributed by atoms with E-state index in [0.717, 1.165) is 56.4 Å². The molecule has 0 fully saturated rings. The largest absolute Gasteiger partial charge is 0.357 e. The lowest BCUT2D eigenvalue weighted by molar-refractivity contribution is 0.103. The molecule has 2 aromatic heterocycles. The molecule has 146 valence electrons. The first-order valence-corrected chi connectivity index (χ1v) is 10.1. The summed E-state index contributed by atoms with van der Waals surface area (Å²) < 4.78 is 0. The van der Waals surface area contributed by atoms with Crippen molar-refractivity contribution < 1.29 is 4.79 Å². The zero-order valence-corrected chi connectivity index (χ0v) is 17.2. The zero-order chi connectivity index (χ0) is 21.0. The van der Waals surface area contributed by atoms with Gasteiger partial charge >= 0.3 is 0 Å². The molecule has 0 radical (unpaired) electrons. The molecular formula is C26H21N3O. The number of hydrogen-bond acceptors (Lipinski definition) is 3. The molecule has 1 N–H and O–H groups in total. The number of aryl methyl sites for hydroxylation is 1. The van der Waals surface area contributed by atoms with E-state index in [9.17, 15) is 10.1 Å². The maximum atomic E-state index is 13.6. The van der Waals surface area contributed by atoms with Gasteiger partial charge in [0.25, 0.3) is 0 Å². The molecule has 0 bridgehead atoms. The molecule has 0 saturated carbocycles. The summed E-state index contributed by atoms with van der Waals surface area (Å²) in [6.07, 6.45) is 4.44. The van der Waals surface area contributed by atoms with Crippen molar-refractivity contribution in [2.24, 2.45) is 0 Å². The van der Waals surface area contributed by atoms with Crippen LogP contribution in [0.15, 0.2) is 54.9 Å². The standard InChI is InChI=1S/C26H21N3O/c1-4-16-12-20-21(13-19(16)17-7-9-28-10-8-17)26(2,3)25-23(24(20)30)18-6-5-15(14-27)11-22(18)29-25/h5-13,29H,4H2,1-3H3. The summed E-state index contributed by atoms with van der Waals surface area (Å²) in [7, 11) is 0. The van der Waals surface area contributed by atoms with Gasteiger partial charge in [-0.1, -0.05) is 26.8 Å². The fourth-order valence-electron chi connectivity index (χ4n) is 4.68. The molecule has 2 aromatic carbocycles. The lowest BCUT2D eigenvalue weighted by Crippen LogP contribution is -2.30. The normalized spacial score (nSPS) is 14.3. The second kappa shape index (κ2) is 6.40. The Hall–Kier alpha value is -3.71. The molecular weight excluding hydrogens is 370 g/mol. The summed E-state index contributed by atoms with van der Waals surface area (Å²) in [5.74, 6) is 0.0475. The Kier molecular flexibility index (Phi) is 3.91. The summed E-state index contributed by atoms with van der Waals surface area (Å²) >= 11 is 0. The maximum Gasteiger partial charge on any atom is 0.195 e. The fourth-order valence-corrected chi connectivity index (χ4v) is 4.68. The number of pyridine rings is 1. The Labute approximate surface area is 175 Å². The van der Waals surface area contributed by atoms with Gasteiger partial charge in [0.15, 0.2) is 5.78 Å². The Balaban J connectivity index is 1.80. The second-order valence-electron chi connectivity index (χ2n) is 8.35. The summed E-state index contributed by atoms with van der Waals surface area (Å²) in [6.45, 7) is 6.42. The highest BCUT2D eigenvalue weighted by molar-refractivity contribution is 6.20. The number of nitrogens with one attached hydrogen (secondary N) is 1. The monoisotopic (exact) mass is 391 g/mol. The molecule has 0 amide bonds. The van der Waals surface area contributed by atoms with Crippen molar-refractivity contribution >= 4 is 16.7 Å². The van der Waals surface area contributed by atoms with Crippen molar-refractivity contribution in [1.29, 1.82) is 5.26 Å². The lowest BCUT2D eigenvalue weighted by atomic mass is 9.70. The van der Waals surface area contributed by atoms with E-state index in [4.69, 9.17) is 0 Å². The number of carbonyl (C=O) groups excluding carboxylic acids is 1. The first-order valence-electron chi connectivity index (χ1n) is 10.1. The summed E-state index contributed by atoms with van der Waals surface area (Å²) in [4.78, 5) is 21.2. The van der Waals surface area contributed by atoms with Crippen LogP contribution < -0.4 is 0 Å². The molecule has 30 heavy (non-hydrogen) atoms. The van der Waals surface area contributed by atoms with Gasteiger partial charge in [0.1, 0.15) is 0 Å². The number of rotatable bonds is 2. The maximum absolute atomic E-state index is 13.6. The fraction of sp³-hybridized carbons (Fsp3) is 0.192. The number of nitriles is 1. The van der Waals surface area contributed by atoms with Crippen molar-refractivity contribution in [1.82, 2.24) is 9.97 Å². The molecule has 2 heterocycles. The van der Waals surface area contributed by atoms with Crippen LogP contribution in [0.2, 0.25) is 0 Å². The van der Waals surface area contributed by atoms with Crippen molar-refractivity contribution in [2.75, 3.05) is 0 Å². The predicted molar refractivity (Wildman–Crippen MR) is 118 cm³/mol. The molecule has 4 nitrogen and oxygen atoms in total. The van der Waals surface area contributed by atoms with Crippen molar-refractivity contribution in [3.8, 4) is 17.2 Å². The van der Waals surface area contributed by atoms with E-state index in [2.05, 4.69) is 48.9 Å². The highest BCUT2D eigenvalue weighted by atomic mass is 16.1. The van der Waals surface area contributed by atoms with Crippen LogP contribution in [0.3, 0.4) is 0 Å². The van der Waals surface area contributed by atoms with Gasteiger partial charge < -0.3 is 4.98 Å². The van der Waals surface area contributed by atoms with E-state index < -0.39 is 0 Å². The van der Waals surface area contributed by atoms with Gasteiger partial charge in [-0.3, -0.25) is 9.78 Å². The third-order valence-electron chi connectivity index (χ3n) is 6.31. The number of ketones is 1. The van der Waals surface area contributed by atoms with Gasteiger partial charge in [-0.2, -0.15) is 5.26 Å². The Morgan fingerprint density at radius 1 is 1.07 bits per heavy atom. The van der Waals surface area contributed by atoms with Gasteiger partial charge in [-0.15, -0.1) is 0 Å². The van der Waals surface area contributed by atoms with Gasteiger partial charge in [0, 0.05) is 40.0 Å². The minimum Gasteiger partial charge on any atom is -0.357 e. The van der Waals surface area contributed by atoms with E-state index >= 15 is 0 Å². The second-order valence-corrected chi connectivity index (χ2v) is 8.35. The van der Waals surface area contributed by atoms with Crippen LogP contribution in [0.25, 0.3) is 22.0 Å². The number of aromatic amines is 1. The molecule has 5 rings (SSSR count). The smallest absolute Gasteiger partial charge is 0.195 e. The first kappa shape index (κ1) is 18.3. The number of hydrogen-bond donors (Lipinski definition) is 1. The third kappa shape index (κ3) is 2.45. The molecule has 4 heteroatoms. The Morgan fingerprint density at radius 3 is 2.53 bits per heavy atom. The summed E-state index contributed by atoms with van der Waals surface area (Å²) in [5.41, 5.74) is 7.87. The number of aromatic nitrogens is 2. The van der Waals surface area contributed by atoms with E-state index in [1.165, 1.54) is 0 Å². The van der Waals surface area contributed by atoms with E-state index in [1.54, 1.807) is 18.5 Å². The van der Waals surface area contributed by atoms with E-state index in [1.807, 2.05) is 24.3 Å². The van der Waals surface area contributed by atoms with Crippen molar-refractivity contribution in [2.45, 2.75) is 32.6 Å². The lowest BCUT2D eigenvalue weighted by Gasteiger charge is -2.33. The molecule has 4 aromatic rings. The highest BCUT2D eigenvalue weighted by Gasteiger charge is 2.40. The summed E-state index contributed by atoms with van der Waals surface area (Å²) in [5, 5.41) is 10.1. The molecule has 0 saturated heterocycles. The van der Waals surface area contributed by atoms with E-state index in [-0.39, 0.29) is 11.2 Å². The number of fused-ring (bicyclic) bond motifs is 4. The number of carbonyl (C=O) groups is 1. The van der Waals surface area contributed by atoms with E-state index in [0.29, 0.717) is 5.56 Å². The van der Waals surface area contributed by atoms with Crippen LogP contribution in [0, 0.1) is 11.3 Å². The molecule has 0 aliphatic heterocycles. The van der Waals surface area contributed by atoms with Crippen LogP contribution >= 0.6 is 0 Å². The van der Waals surface area contributed by atoms with Gasteiger partial charge in [0.05, 0.1) is 17.2 Å². The van der Waals surface area contributed by atoms with Crippen molar-refractivity contribution in [3.05, 3.63) is 88.4 Å². The Bertz CT molecular complexity index is 1370. The SMILES string of the molecule is CCc1cc2c(cc1-c1ccncc1)C(C)(C)c1[nH]c3cc(C#N)ccc3c1C2=O. The van der Waals surface area contributed by atoms with Crippen molar-refractivity contribution in [3.63, 3.8) is 0 Å². The highest BCUT2D eigenvalue weighted by Crippen LogP contribution is 2.45. The Morgan fingerprint density at radius 2 is 1.83 bits per heavy atom. The number of nitrogens with zero attached hydrogens (tertiary/aromatic N) is 2. The van der Waals surface area contributed by atoms with Crippen LogP contribution in [0.5, 0.6) is 0 Å².